The molecule has 0 amide bonds. The minimum Gasteiger partial charge on any atom is -0.291 e. The first-order valence-corrected chi connectivity index (χ1v) is 13.7. The Balaban J connectivity index is 1.30. The van der Waals surface area contributed by atoms with Crippen LogP contribution in [0.3, 0.4) is 0 Å². The van der Waals surface area contributed by atoms with Gasteiger partial charge in [0.25, 0.3) is 0 Å². The van der Waals surface area contributed by atoms with Gasteiger partial charge in [0.2, 0.25) is 0 Å². The molecule has 39 heavy (non-hydrogen) atoms. The van der Waals surface area contributed by atoms with Gasteiger partial charge in [-0.3, -0.25) is 9.88 Å². The van der Waals surface area contributed by atoms with Crippen molar-refractivity contribution in [2.45, 2.75) is 42.9 Å². The predicted molar refractivity (Wildman–Crippen MR) is 144 cm³/mol. The average molecular weight is 546 g/mol. The Morgan fingerprint density at radius 2 is 1.64 bits per heavy atom. The molecular formula is C32H27ClF3N3. The van der Waals surface area contributed by atoms with Gasteiger partial charge in [-0.25, -0.2) is 4.98 Å². The molecule has 1 unspecified atom stereocenters. The summed E-state index contributed by atoms with van der Waals surface area (Å²) < 4.78 is 39.6. The molecule has 3 aliphatic carbocycles. The molecular weight excluding hydrogens is 519 g/mol. The smallest absolute Gasteiger partial charge is 0.291 e. The molecule has 4 fully saturated rings. The van der Waals surface area contributed by atoms with Gasteiger partial charge in [0, 0.05) is 43.1 Å². The van der Waals surface area contributed by atoms with Gasteiger partial charge in [-0.05, 0) is 76.6 Å². The fourth-order valence-corrected chi connectivity index (χ4v) is 8.37. The highest BCUT2D eigenvalue weighted by Crippen LogP contribution is 2.82. The molecule has 0 N–H and O–H groups in total. The second kappa shape index (κ2) is 8.90. The largest absolute Gasteiger partial charge is 0.416 e. The van der Waals surface area contributed by atoms with E-state index in [1.54, 1.807) is 12.1 Å². The van der Waals surface area contributed by atoms with E-state index >= 15 is 0 Å². The van der Waals surface area contributed by atoms with Gasteiger partial charge in [-0.2, -0.15) is 13.2 Å². The maximum atomic E-state index is 13.2. The number of nitrogens with zero attached hydrogens (tertiary/aromatic N) is 3. The quantitative estimate of drug-likeness (QED) is 0.239. The van der Waals surface area contributed by atoms with Crippen LogP contribution in [0.2, 0.25) is 5.15 Å². The van der Waals surface area contributed by atoms with Gasteiger partial charge in [0.15, 0.2) is 0 Å². The summed E-state index contributed by atoms with van der Waals surface area (Å²) in [6, 6.07) is 24.6. The van der Waals surface area contributed by atoms with E-state index < -0.39 is 11.7 Å². The fourth-order valence-electron chi connectivity index (χ4n) is 8.26. The summed E-state index contributed by atoms with van der Waals surface area (Å²) in [6.07, 6.45) is 3.49. The minimum atomic E-state index is -4.34. The number of hydrogen-bond acceptors (Lipinski definition) is 3. The summed E-state index contributed by atoms with van der Waals surface area (Å²) in [5, 5.41) is 0.478. The highest BCUT2D eigenvalue weighted by Gasteiger charge is 2.77. The van der Waals surface area contributed by atoms with Crippen molar-refractivity contribution < 1.29 is 13.2 Å². The zero-order valence-electron chi connectivity index (χ0n) is 21.2. The Hall–Kier alpha value is -3.22. The van der Waals surface area contributed by atoms with Crippen LogP contribution in [0.25, 0.3) is 0 Å². The number of halogens is 4. The summed E-state index contributed by atoms with van der Waals surface area (Å²) in [5.41, 5.74) is 4.03. The third-order valence-corrected chi connectivity index (χ3v) is 9.72. The van der Waals surface area contributed by atoms with Crippen LogP contribution in [0.15, 0.2) is 97.5 Å². The molecule has 2 aromatic carbocycles. The standard InChI is InChI=1S/C32H27ClF3N3/c33-27-13-10-23(15-38-27)28-26-18-39(17-21-8-11-24(12-9-21)32(34,35)36)29(22-5-2-1-3-6-22)31(26)19-30(28,20-31)25-7-4-14-37-16-25/h1-16,26,28-29H,17-20H2/t26-,28?,29-,30?,31?/m1/s1. The van der Waals surface area contributed by atoms with Gasteiger partial charge in [0.05, 0.1) is 5.56 Å². The van der Waals surface area contributed by atoms with Crippen molar-refractivity contribution in [3.63, 3.8) is 0 Å². The van der Waals surface area contributed by atoms with Crippen LogP contribution in [-0.4, -0.2) is 21.4 Å². The molecule has 4 aliphatic rings. The van der Waals surface area contributed by atoms with Gasteiger partial charge in [0.1, 0.15) is 5.15 Å². The summed E-state index contributed by atoms with van der Waals surface area (Å²) in [5.74, 6) is 0.607. The Morgan fingerprint density at radius 3 is 2.28 bits per heavy atom. The third kappa shape index (κ3) is 3.83. The van der Waals surface area contributed by atoms with E-state index in [1.165, 1.54) is 28.8 Å². The molecule has 3 saturated carbocycles. The summed E-state index contributed by atoms with van der Waals surface area (Å²) in [7, 11) is 0. The van der Waals surface area contributed by atoms with E-state index in [9.17, 15) is 13.2 Å². The van der Waals surface area contributed by atoms with Crippen molar-refractivity contribution in [2.24, 2.45) is 11.3 Å². The lowest BCUT2D eigenvalue weighted by molar-refractivity contribution is -0.137. The number of likely N-dealkylation sites (tertiary alicyclic amines) is 1. The lowest BCUT2D eigenvalue weighted by Gasteiger charge is -2.53. The number of pyridine rings is 2. The van der Waals surface area contributed by atoms with Crippen molar-refractivity contribution in [2.75, 3.05) is 6.54 Å². The second-order valence-corrected chi connectivity index (χ2v) is 11.8. The van der Waals surface area contributed by atoms with Crippen LogP contribution < -0.4 is 0 Å². The van der Waals surface area contributed by atoms with Gasteiger partial charge < -0.3 is 0 Å². The topological polar surface area (TPSA) is 29.0 Å². The molecule has 0 radical (unpaired) electrons. The third-order valence-electron chi connectivity index (χ3n) is 9.49. The normalized spacial score (nSPS) is 29.7. The Kier molecular flexibility index (Phi) is 5.66. The van der Waals surface area contributed by atoms with E-state index in [-0.39, 0.29) is 22.8 Å². The van der Waals surface area contributed by atoms with E-state index in [4.69, 9.17) is 11.6 Å². The molecule has 198 valence electrons. The van der Waals surface area contributed by atoms with Crippen molar-refractivity contribution in [1.82, 2.24) is 14.9 Å². The summed E-state index contributed by atoms with van der Waals surface area (Å²) in [6.45, 7) is 1.46. The molecule has 4 aromatic rings. The van der Waals surface area contributed by atoms with E-state index in [1.807, 2.05) is 36.8 Å². The maximum Gasteiger partial charge on any atom is 0.416 e. The zero-order chi connectivity index (χ0) is 26.8. The van der Waals surface area contributed by atoms with E-state index in [2.05, 4.69) is 51.3 Å². The highest BCUT2D eigenvalue weighted by molar-refractivity contribution is 6.29. The van der Waals surface area contributed by atoms with Crippen molar-refractivity contribution in [3.05, 3.63) is 130 Å². The molecule has 8 rings (SSSR count). The van der Waals surface area contributed by atoms with Crippen LogP contribution in [0.4, 0.5) is 13.2 Å². The van der Waals surface area contributed by atoms with Gasteiger partial charge >= 0.3 is 6.18 Å². The number of hydrogen-bond donors (Lipinski definition) is 0. The first-order chi connectivity index (χ1) is 18.8. The van der Waals surface area contributed by atoms with Crippen LogP contribution in [0.5, 0.6) is 0 Å². The summed E-state index contributed by atoms with van der Waals surface area (Å²) in [4.78, 5) is 11.4. The monoisotopic (exact) mass is 545 g/mol. The molecule has 1 saturated heterocycles. The fraction of sp³-hybridized carbons (Fsp3) is 0.312. The number of benzene rings is 2. The zero-order valence-corrected chi connectivity index (χ0v) is 21.9. The Bertz CT molecular complexity index is 1470. The van der Waals surface area contributed by atoms with Crippen LogP contribution in [0.1, 0.15) is 52.6 Å². The second-order valence-electron chi connectivity index (χ2n) is 11.4. The van der Waals surface area contributed by atoms with Crippen molar-refractivity contribution in [1.29, 1.82) is 0 Å². The minimum absolute atomic E-state index is 0.0259. The van der Waals surface area contributed by atoms with E-state index in [0.29, 0.717) is 17.6 Å². The van der Waals surface area contributed by atoms with Crippen LogP contribution in [-0.2, 0) is 18.1 Å². The lowest BCUT2D eigenvalue weighted by Crippen LogP contribution is -2.47. The van der Waals surface area contributed by atoms with Crippen LogP contribution >= 0.6 is 11.6 Å². The molecule has 3 atom stereocenters. The van der Waals surface area contributed by atoms with Gasteiger partial charge in [-0.1, -0.05) is 66.2 Å². The first-order valence-electron chi connectivity index (χ1n) is 13.3. The number of alkyl halides is 3. The van der Waals surface area contributed by atoms with Crippen molar-refractivity contribution >= 4 is 11.6 Å². The average Bonchev–Trinajstić information content (AvgIpc) is 3.48. The molecule has 3 heterocycles. The molecule has 1 aliphatic heterocycles. The molecule has 3 nitrogen and oxygen atoms in total. The van der Waals surface area contributed by atoms with Gasteiger partial charge in [-0.15, -0.1) is 0 Å². The Labute approximate surface area is 230 Å². The lowest BCUT2D eigenvalue weighted by atomic mass is 9.53. The first kappa shape index (κ1) is 24.8. The van der Waals surface area contributed by atoms with E-state index in [0.717, 1.165) is 24.9 Å². The highest BCUT2D eigenvalue weighted by atomic mass is 35.5. The molecule has 2 bridgehead atoms. The van der Waals surface area contributed by atoms with Crippen LogP contribution in [0, 0.1) is 11.3 Å². The van der Waals surface area contributed by atoms with Crippen molar-refractivity contribution in [3.8, 4) is 0 Å². The SMILES string of the molecule is FC(F)(F)c1ccc(CN2C[C@@H]3C(c4ccc(Cl)nc4)C4(c5cccnc5)CC3(C4)[C@H]2c2ccccc2)cc1. The molecule has 7 heteroatoms. The molecule has 1 spiro atoms. The number of aromatic nitrogens is 2. The maximum absolute atomic E-state index is 13.2. The predicted octanol–water partition coefficient (Wildman–Crippen LogP) is 7.84. The number of rotatable bonds is 5. The molecule has 2 aromatic heterocycles. The Morgan fingerprint density at radius 1 is 0.872 bits per heavy atom. The summed E-state index contributed by atoms with van der Waals surface area (Å²) >= 11 is 6.18.